The number of halogens is 1. The predicted molar refractivity (Wildman–Crippen MR) is 77.1 cm³/mol. The number of carbonyl (C=O) groups excluding carboxylic acids is 1. The Balaban J connectivity index is 1.93. The van der Waals surface area contributed by atoms with Crippen LogP contribution < -0.4 is 0 Å². The molecule has 5 nitrogen and oxygen atoms in total. The first-order chi connectivity index (χ1) is 10.5. The van der Waals surface area contributed by atoms with E-state index in [1.54, 1.807) is 6.07 Å². The second kappa shape index (κ2) is 7.34. The Morgan fingerprint density at radius 2 is 2.23 bits per heavy atom. The number of aliphatic hydroxyl groups is 1. The molecular formula is C16H19FN2O3. The van der Waals surface area contributed by atoms with Crippen LogP contribution in [0.4, 0.5) is 4.39 Å². The number of aliphatic hydroxyl groups excluding tert-OH is 1. The number of methoxy groups -OCH3 is 1. The topological polar surface area (TPSA) is 73.6 Å². The molecule has 0 bridgehead atoms. The highest BCUT2D eigenvalue weighted by atomic mass is 19.1. The fourth-order valence-corrected chi connectivity index (χ4v) is 2.75. The van der Waals surface area contributed by atoms with E-state index in [0.717, 1.165) is 0 Å². The van der Waals surface area contributed by atoms with Crippen molar-refractivity contribution in [1.29, 1.82) is 5.26 Å². The number of hydrogen-bond donors (Lipinski definition) is 1. The van der Waals surface area contributed by atoms with Gasteiger partial charge in [-0.05, 0) is 50.0 Å². The minimum atomic E-state index is -1.09. The lowest BCUT2D eigenvalue weighted by molar-refractivity contribution is -0.154. The van der Waals surface area contributed by atoms with Gasteiger partial charge in [-0.15, -0.1) is 0 Å². The molecule has 0 amide bonds. The summed E-state index contributed by atoms with van der Waals surface area (Å²) >= 11 is 0. The Kier molecular flexibility index (Phi) is 5.47. The summed E-state index contributed by atoms with van der Waals surface area (Å²) in [6.45, 7) is 1.74. The highest BCUT2D eigenvalue weighted by Crippen LogP contribution is 2.23. The van der Waals surface area contributed by atoms with Crippen LogP contribution >= 0.6 is 0 Å². The molecule has 1 atom stereocenters. The molecule has 1 aliphatic rings. The number of nitrogens with zero attached hydrogens (tertiary/aromatic N) is 2. The highest BCUT2D eigenvalue weighted by molar-refractivity contribution is 5.74. The van der Waals surface area contributed by atoms with Gasteiger partial charge in [0.25, 0.3) is 0 Å². The smallest absolute Gasteiger partial charge is 0.334 e. The van der Waals surface area contributed by atoms with E-state index in [1.165, 1.54) is 19.2 Å². The van der Waals surface area contributed by atoms with Crippen LogP contribution in [0.3, 0.4) is 0 Å². The molecule has 0 radical (unpaired) electrons. The first-order valence-corrected chi connectivity index (χ1v) is 7.22. The maximum atomic E-state index is 13.8. The average Bonchev–Trinajstić information content (AvgIpc) is 2.56. The zero-order valence-electron chi connectivity index (χ0n) is 12.5. The molecule has 1 heterocycles. The van der Waals surface area contributed by atoms with Crippen molar-refractivity contribution in [2.45, 2.75) is 25.5 Å². The van der Waals surface area contributed by atoms with Crippen LogP contribution in [0, 0.1) is 23.1 Å². The van der Waals surface area contributed by atoms with Crippen molar-refractivity contribution in [3.8, 4) is 6.07 Å². The molecule has 1 aromatic carbocycles. The van der Waals surface area contributed by atoms with Gasteiger partial charge >= 0.3 is 5.97 Å². The lowest BCUT2D eigenvalue weighted by Gasteiger charge is -2.33. The Morgan fingerprint density at radius 3 is 2.82 bits per heavy atom. The van der Waals surface area contributed by atoms with E-state index in [1.807, 2.05) is 6.07 Å². The molecule has 0 spiro atoms. The number of nitriles is 1. The van der Waals surface area contributed by atoms with E-state index in [2.05, 4.69) is 9.64 Å². The lowest BCUT2D eigenvalue weighted by atomic mass is 9.91. The highest BCUT2D eigenvalue weighted by Gasteiger charge is 2.30. The molecule has 6 heteroatoms. The van der Waals surface area contributed by atoms with Gasteiger partial charge in [0.1, 0.15) is 5.82 Å². The van der Waals surface area contributed by atoms with Crippen LogP contribution in [0.15, 0.2) is 18.2 Å². The monoisotopic (exact) mass is 306 g/mol. The molecule has 118 valence electrons. The Bertz CT molecular complexity index is 577. The van der Waals surface area contributed by atoms with E-state index in [4.69, 9.17) is 5.26 Å². The van der Waals surface area contributed by atoms with Crippen molar-refractivity contribution in [3.63, 3.8) is 0 Å². The van der Waals surface area contributed by atoms with E-state index in [9.17, 15) is 14.3 Å². The molecule has 0 unspecified atom stereocenters. The molecule has 22 heavy (non-hydrogen) atoms. The Morgan fingerprint density at radius 1 is 1.55 bits per heavy atom. The fourth-order valence-electron chi connectivity index (χ4n) is 2.75. The number of esters is 1. The van der Waals surface area contributed by atoms with Crippen LogP contribution in [-0.2, 0) is 16.1 Å². The number of likely N-dealkylation sites (tertiary alicyclic amines) is 1. The number of benzene rings is 1. The molecule has 1 N–H and O–H groups in total. The summed E-state index contributed by atoms with van der Waals surface area (Å²) in [7, 11) is 1.26. The predicted octanol–water partition coefficient (Wildman–Crippen LogP) is 1.44. The summed E-state index contributed by atoms with van der Waals surface area (Å²) < 4.78 is 18.3. The van der Waals surface area contributed by atoms with Gasteiger partial charge in [-0.2, -0.15) is 5.26 Å². The number of ether oxygens (including phenoxy) is 1. The molecule has 1 saturated heterocycles. The Labute approximate surface area is 128 Å². The van der Waals surface area contributed by atoms with Gasteiger partial charge in [0, 0.05) is 12.1 Å². The minimum absolute atomic E-state index is 0.126. The van der Waals surface area contributed by atoms with Crippen LogP contribution in [-0.4, -0.2) is 42.3 Å². The summed E-state index contributed by atoms with van der Waals surface area (Å²) in [6, 6.07) is 6.33. The van der Waals surface area contributed by atoms with Crippen LogP contribution in [0.5, 0.6) is 0 Å². The van der Waals surface area contributed by atoms with Gasteiger partial charge in [-0.3, -0.25) is 4.90 Å². The van der Waals surface area contributed by atoms with Crippen molar-refractivity contribution in [2.24, 2.45) is 5.92 Å². The van der Waals surface area contributed by atoms with Gasteiger partial charge in [-0.1, -0.05) is 0 Å². The summed E-state index contributed by atoms with van der Waals surface area (Å²) in [5.74, 6) is -1.05. The third-order valence-corrected chi connectivity index (χ3v) is 4.09. The maximum absolute atomic E-state index is 13.8. The van der Waals surface area contributed by atoms with Gasteiger partial charge in [0.15, 0.2) is 6.10 Å². The van der Waals surface area contributed by atoms with Gasteiger partial charge in [0.2, 0.25) is 0 Å². The van der Waals surface area contributed by atoms with Crippen LogP contribution in [0.1, 0.15) is 24.0 Å². The summed E-state index contributed by atoms with van der Waals surface area (Å²) in [5, 5.41) is 18.7. The lowest BCUT2D eigenvalue weighted by Crippen LogP contribution is -2.40. The fraction of sp³-hybridized carbons (Fsp3) is 0.500. The zero-order valence-corrected chi connectivity index (χ0v) is 12.5. The van der Waals surface area contributed by atoms with E-state index in [-0.39, 0.29) is 11.7 Å². The molecule has 0 saturated carbocycles. The number of hydrogen-bond acceptors (Lipinski definition) is 5. The number of carbonyl (C=O) groups is 1. The van der Waals surface area contributed by atoms with E-state index in [0.29, 0.717) is 43.6 Å². The van der Waals surface area contributed by atoms with Crippen molar-refractivity contribution < 1.29 is 19.0 Å². The zero-order chi connectivity index (χ0) is 16.1. The quantitative estimate of drug-likeness (QED) is 0.852. The van der Waals surface area contributed by atoms with E-state index < -0.39 is 12.1 Å². The first-order valence-electron chi connectivity index (χ1n) is 7.22. The van der Waals surface area contributed by atoms with Crippen LogP contribution in [0.2, 0.25) is 0 Å². The van der Waals surface area contributed by atoms with Crippen LogP contribution in [0.25, 0.3) is 0 Å². The average molecular weight is 306 g/mol. The van der Waals surface area contributed by atoms with Crippen molar-refractivity contribution in [3.05, 3.63) is 35.1 Å². The summed E-state index contributed by atoms with van der Waals surface area (Å²) in [5.41, 5.74) is 0.929. The van der Waals surface area contributed by atoms with Gasteiger partial charge in [0.05, 0.1) is 18.7 Å². The molecular weight excluding hydrogens is 287 g/mol. The van der Waals surface area contributed by atoms with Gasteiger partial charge in [-0.25, -0.2) is 9.18 Å². The third-order valence-electron chi connectivity index (χ3n) is 4.09. The standard InChI is InChI=1S/C16H19FN2O3/c1-22-16(21)15(20)12-4-6-19(7-5-12)10-13-8-11(9-18)2-3-14(13)17/h2-3,8,12,15,20H,4-7,10H2,1H3/t15-/m0/s1. The Hall–Kier alpha value is -1.97. The minimum Gasteiger partial charge on any atom is -0.467 e. The largest absolute Gasteiger partial charge is 0.467 e. The molecule has 1 fully saturated rings. The molecule has 1 aromatic rings. The second-order valence-electron chi connectivity index (χ2n) is 5.50. The SMILES string of the molecule is COC(=O)[C@@H](O)C1CCN(Cc2cc(C#N)ccc2F)CC1. The van der Waals surface area contributed by atoms with Crippen molar-refractivity contribution in [1.82, 2.24) is 4.90 Å². The second-order valence-corrected chi connectivity index (χ2v) is 5.50. The first kappa shape index (κ1) is 16.4. The van der Waals surface area contributed by atoms with E-state index >= 15 is 0 Å². The molecule has 0 aromatic heterocycles. The maximum Gasteiger partial charge on any atom is 0.334 e. The van der Waals surface area contributed by atoms with Crippen molar-refractivity contribution >= 4 is 5.97 Å². The number of piperidine rings is 1. The molecule has 0 aliphatic carbocycles. The summed E-state index contributed by atoms with van der Waals surface area (Å²) in [4.78, 5) is 13.4. The molecule has 2 rings (SSSR count). The summed E-state index contributed by atoms with van der Waals surface area (Å²) in [6.07, 6.45) is 0.205. The third kappa shape index (κ3) is 3.81. The van der Waals surface area contributed by atoms with Crippen molar-refractivity contribution in [2.75, 3.05) is 20.2 Å². The molecule has 1 aliphatic heterocycles. The number of rotatable bonds is 4. The van der Waals surface area contributed by atoms with Gasteiger partial charge < -0.3 is 9.84 Å². The normalized spacial score (nSPS) is 17.7.